The van der Waals surface area contributed by atoms with E-state index in [9.17, 15) is 4.79 Å². The molecule has 0 unspecified atom stereocenters. The van der Waals surface area contributed by atoms with Gasteiger partial charge in [0.15, 0.2) is 0 Å². The molecule has 1 amide bonds. The summed E-state index contributed by atoms with van der Waals surface area (Å²) in [4.78, 5) is 23.4. The third kappa shape index (κ3) is 3.95. The Labute approximate surface area is 158 Å². The minimum absolute atomic E-state index is 0.280. The zero-order valence-electron chi connectivity index (χ0n) is 15.4. The molecule has 6 nitrogen and oxygen atoms in total. The van der Waals surface area contributed by atoms with Crippen LogP contribution in [0.5, 0.6) is 0 Å². The lowest BCUT2D eigenvalue weighted by Crippen LogP contribution is -2.45. The molecule has 0 aromatic heterocycles. The summed E-state index contributed by atoms with van der Waals surface area (Å²) < 4.78 is 0. The van der Waals surface area contributed by atoms with Crippen molar-refractivity contribution in [2.24, 2.45) is 5.16 Å². The highest BCUT2D eigenvalue weighted by molar-refractivity contribution is 6.01. The molecule has 0 radical (unpaired) electrons. The molecule has 1 spiro atoms. The van der Waals surface area contributed by atoms with E-state index in [4.69, 9.17) is 9.68 Å². The van der Waals surface area contributed by atoms with Crippen LogP contribution in [0, 0.1) is 6.92 Å². The van der Waals surface area contributed by atoms with Crippen molar-refractivity contribution in [3.05, 3.63) is 65.7 Å². The van der Waals surface area contributed by atoms with Crippen LogP contribution in [0.3, 0.4) is 0 Å². The number of rotatable bonds is 3. The van der Waals surface area contributed by atoms with Gasteiger partial charge in [0.25, 0.3) is 0 Å². The van der Waals surface area contributed by atoms with Gasteiger partial charge in [-0.25, -0.2) is 4.79 Å². The zero-order chi connectivity index (χ0) is 18.7. The zero-order valence-corrected chi connectivity index (χ0v) is 15.4. The Kier molecular flexibility index (Phi) is 4.81. The highest BCUT2D eigenvalue weighted by atomic mass is 16.7. The molecule has 27 heavy (non-hydrogen) atoms. The second-order valence-electron chi connectivity index (χ2n) is 7.10. The van der Waals surface area contributed by atoms with Gasteiger partial charge in [-0.15, -0.1) is 5.06 Å². The Morgan fingerprint density at radius 1 is 1.11 bits per heavy atom. The van der Waals surface area contributed by atoms with Crippen molar-refractivity contribution in [2.45, 2.75) is 31.8 Å². The Balaban J connectivity index is 1.28. The number of hydrogen-bond acceptors (Lipinski definition) is 5. The second-order valence-corrected chi connectivity index (χ2v) is 7.10. The van der Waals surface area contributed by atoms with Crippen LogP contribution in [0.4, 0.5) is 10.5 Å². The maximum absolute atomic E-state index is 12.2. The van der Waals surface area contributed by atoms with Crippen LogP contribution in [0.25, 0.3) is 0 Å². The normalized spacial score (nSPS) is 18.6. The Morgan fingerprint density at radius 3 is 2.56 bits per heavy atom. The second kappa shape index (κ2) is 7.40. The number of carbonyl (C=O) groups excluding carboxylic acids is 1. The Morgan fingerprint density at radius 2 is 1.81 bits per heavy atom. The molecule has 140 valence electrons. The van der Waals surface area contributed by atoms with Crippen molar-refractivity contribution in [3.63, 3.8) is 0 Å². The number of benzene rings is 2. The molecule has 1 N–H and O–H groups in total. The first-order valence-electron chi connectivity index (χ1n) is 9.24. The van der Waals surface area contributed by atoms with E-state index in [1.807, 2.05) is 49.4 Å². The molecular formula is C21H23N3O3. The van der Waals surface area contributed by atoms with Crippen molar-refractivity contribution < 1.29 is 14.5 Å². The van der Waals surface area contributed by atoms with E-state index in [1.165, 1.54) is 0 Å². The van der Waals surface area contributed by atoms with Crippen molar-refractivity contribution in [2.75, 3.05) is 18.4 Å². The number of para-hydroxylation sites is 1. The number of amides is 1. The fourth-order valence-electron chi connectivity index (χ4n) is 3.52. The Hall–Kier alpha value is -2.86. The average molecular weight is 365 g/mol. The molecule has 1 saturated heterocycles. The molecule has 4 rings (SSSR count). The van der Waals surface area contributed by atoms with Gasteiger partial charge in [0.05, 0.1) is 5.71 Å². The molecule has 0 atom stereocenters. The summed E-state index contributed by atoms with van der Waals surface area (Å²) in [6, 6.07) is 17.7. The van der Waals surface area contributed by atoms with Gasteiger partial charge >= 0.3 is 6.09 Å². The summed E-state index contributed by atoms with van der Waals surface area (Å²) >= 11 is 0. The van der Waals surface area contributed by atoms with E-state index >= 15 is 0 Å². The van der Waals surface area contributed by atoms with Crippen molar-refractivity contribution >= 4 is 17.5 Å². The summed E-state index contributed by atoms with van der Waals surface area (Å²) in [5, 5.41) is 8.80. The lowest BCUT2D eigenvalue weighted by atomic mass is 9.86. The molecule has 2 heterocycles. The van der Waals surface area contributed by atoms with E-state index in [1.54, 1.807) is 5.06 Å². The lowest BCUT2D eigenvalue weighted by Gasteiger charge is -2.35. The number of carbonyl (C=O) groups is 1. The van der Waals surface area contributed by atoms with Crippen LogP contribution in [-0.4, -0.2) is 35.6 Å². The monoisotopic (exact) mass is 365 g/mol. The van der Waals surface area contributed by atoms with E-state index in [-0.39, 0.29) is 5.60 Å². The van der Waals surface area contributed by atoms with Crippen molar-refractivity contribution in [1.29, 1.82) is 0 Å². The molecule has 2 aliphatic rings. The highest BCUT2D eigenvalue weighted by Crippen LogP contribution is 2.36. The third-order valence-corrected chi connectivity index (χ3v) is 5.17. The number of anilines is 1. The largest absolute Gasteiger partial charge is 0.430 e. The van der Waals surface area contributed by atoms with E-state index in [0.717, 1.165) is 41.8 Å². The van der Waals surface area contributed by atoms with Gasteiger partial charge < -0.3 is 9.68 Å². The predicted octanol–water partition coefficient (Wildman–Crippen LogP) is 4.12. The quantitative estimate of drug-likeness (QED) is 0.889. The number of nitrogens with one attached hydrogen (secondary N) is 1. The number of nitrogens with zero attached hydrogens (tertiary/aromatic N) is 2. The van der Waals surface area contributed by atoms with Gasteiger partial charge in [0, 0.05) is 38.0 Å². The minimum Gasteiger partial charge on any atom is -0.388 e. The van der Waals surface area contributed by atoms with Crippen molar-refractivity contribution in [1.82, 2.24) is 5.06 Å². The molecule has 6 heteroatoms. The summed E-state index contributed by atoms with van der Waals surface area (Å²) in [5.41, 5.74) is 3.57. The van der Waals surface area contributed by atoms with Gasteiger partial charge in [-0.05, 0) is 24.1 Å². The molecule has 0 aliphatic carbocycles. The van der Waals surface area contributed by atoms with Crippen LogP contribution in [0.15, 0.2) is 59.8 Å². The number of oxime groups is 1. The first-order valence-corrected chi connectivity index (χ1v) is 9.24. The van der Waals surface area contributed by atoms with Gasteiger partial charge in [0.1, 0.15) is 5.60 Å². The van der Waals surface area contributed by atoms with Crippen LogP contribution in [-0.2, 0) is 9.68 Å². The van der Waals surface area contributed by atoms with Crippen LogP contribution in [0.1, 0.15) is 30.4 Å². The van der Waals surface area contributed by atoms with Crippen LogP contribution < -0.4 is 5.32 Å². The minimum atomic E-state index is -0.464. The summed E-state index contributed by atoms with van der Waals surface area (Å²) in [6.45, 7) is 3.19. The van der Waals surface area contributed by atoms with Crippen LogP contribution >= 0.6 is 0 Å². The maximum atomic E-state index is 12.2. The Bertz CT molecular complexity index is 843. The van der Waals surface area contributed by atoms with E-state index in [0.29, 0.717) is 13.1 Å². The standard InChI is InChI=1S/C21H23N3O3/c1-16-7-5-6-10-18(16)22-20(25)26-24-13-11-21(12-14-24)15-19(23-27-21)17-8-3-2-4-9-17/h2-10H,11-15H2,1H3,(H,22,25). The molecule has 0 saturated carbocycles. The van der Waals surface area contributed by atoms with Crippen LogP contribution in [0.2, 0.25) is 0 Å². The smallest absolute Gasteiger partial charge is 0.388 e. The topological polar surface area (TPSA) is 63.2 Å². The van der Waals surface area contributed by atoms with Gasteiger partial charge in [0.2, 0.25) is 0 Å². The first kappa shape index (κ1) is 17.5. The number of hydroxylamine groups is 2. The molecule has 2 aliphatic heterocycles. The number of piperidine rings is 1. The van der Waals surface area contributed by atoms with E-state index < -0.39 is 6.09 Å². The SMILES string of the molecule is Cc1ccccc1NC(=O)ON1CCC2(CC1)CC(c1ccccc1)=NO2. The summed E-state index contributed by atoms with van der Waals surface area (Å²) in [5.74, 6) is 0. The predicted molar refractivity (Wildman–Crippen MR) is 104 cm³/mol. The molecule has 1 fully saturated rings. The van der Waals surface area contributed by atoms with Gasteiger partial charge in [-0.2, -0.15) is 0 Å². The fraction of sp³-hybridized carbons (Fsp3) is 0.333. The summed E-state index contributed by atoms with van der Waals surface area (Å²) in [6.07, 6.45) is 1.86. The molecule has 2 aromatic carbocycles. The van der Waals surface area contributed by atoms with Crippen molar-refractivity contribution in [3.8, 4) is 0 Å². The lowest BCUT2D eigenvalue weighted by molar-refractivity contribution is -0.154. The third-order valence-electron chi connectivity index (χ3n) is 5.17. The molecule has 0 bridgehead atoms. The van der Waals surface area contributed by atoms with Gasteiger partial charge in [-0.3, -0.25) is 5.32 Å². The highest BCUT2D eigenvalue weighted by Gasteiger charge is 2.43. The fourth-order valence-corrected chi connectivity index (χ4v) is 3.52. The number of hydrogen-bond donors (Lipinski definition) is 1. The van der Waals surface area contributed by atoms with Gasteiger partial charge in [-0.1, -0.05) is 53.7 Å². The molecular weight excluding hydrogens is 342 g/mol. The summed E-state index contributed by atoms with van der Waals surface area (Å²) in [7, 11) is 0. The first-order chi connectivity index (χ1) is 13.1. The molecule has 2 aromatic rings. The maximum Gasteiger partial charge on any atom is 0.430 e. The number of aryl methyl sites for hydroxylation is 1. The van der Waals surface area contributed by atoms with E-state index in [2.05, 4.69) is 22.6 Å². The average Bonchev–Trinajstić information content (AvgIpc) is 3.10.